The lowest BCUT2D eigenvalue weighted by Gasteiger charge is -2.21. The van der Waals surface area contributed by atoms with Gasteiger partial charge in [0.05, 0.1) is 36.5 Å². The van der Waals surface area contributed by atoms with Gasteiger partial charge in [0.25, 0.3) is 0 Å². The van der Waals surface area contributed by atoms with Crippen LogP contribution in [-0.2, 0) is 17.8 Å². The Labute approximate surface area is 253 Å². The summed E-state index contributed by atoms with van der Waals surface area (Å²) in [5.41, 5.74) is 3.92. The molecule has 2 aromatic heterocycles. The molecule has 0 bridgehead atoms. The molecule has 0 N–H and O–H groups in total. The number of aromatic nitrogens is 2. The lowest BCUT2D eigenvalue weighted by atomic mass is 10.2. The van der Waals surface area contributed by atoms with Gasteiger partial charge in [-0.2, -0.15) is 0 Å². The Hall–Kier alpha value is -3.54. The number of rotatable bonds is 14. The predicted octanol–water partition coefficient (Wildman–Crippen LogP) is 8.12. The molecule has 4 rings (SSSR count). The average Bonchev–Trinajstić information content (AvgIpc) is 3.64. The molecule has 0 aliphatic rings. The first-order valence-electron chi connectivity index (χ1n) is 13.0. The normalized spacial score (nSPS) is 11.0. The van der Waals surface area contributed by atoms with Crippen molar-refractivity contribution in [1.29, 1.82) is 0 Å². The molecular weight excluding hydrogens is 553 g/mol. The second-order valence-electron chi connectivity index (χ2n) is 8.83. The Kier molecular flexibility index (Phi) is 14.2. The minimum absolute atomic E-state index is 0. The molecule has 9 nitrogen and oxygen atoms in total. The Bertz CT molecular complexity index is 1250. The van der Waals surface area contributed by atoms with Gasteiger partial charge < -0.3 is 14.5 Å². The molecule has 0 fully saturated rings. The molecule has 0 spiro atoms. The van der Waals surface area contributed by atoms with Crippen LogP contribution in [0, 0.1) is 0 Å². The van der Waals surface area contributed by atoms with Crippen molar-refractivity contribution in [3.63, 3.8) is 0 Å². The van der Waals surface area contributed by atoms with Crippen molar-refractivity contribution >= 4 is 55.7 Å². The van der Waals surface area contributed by atoms with Crippen LogP contribution in [0.4, 0.5) is 33.0 Å². The zero-order valence-electron chi connectivity index (χ0n) is 23.0. The Balaban J connectivity index is 0.00000294. The van der Waals surface area contributed by atoms with Crippen molar-refractivity contribution in [2.24, 2.45) is 20.5 Å². The van der Waals surface area contributed by atoms with E-state index in [1.807, 2.05) is 47.4 Å². The number of ether oxygens (including phenoxy) is 1. The minimum atomic E-state index is 0. The Morgan fingerprint density at radius 2 is 1.02 bits per heavy atom. The number of thiazole rings is 2. The number of benzene rings is 2. The first kappa shape index (κ1) is 33.7. The topological polar surface area (TPSA) is 72.9 Å². The number of azo groups is 2. The summed E-state index contributed by atoms with van der Waals surface area (Å²) in [5, 5.41) is 23.3. The molecule has 0 saturated heterocycles. The van der Waals surface area contributed by atoms with E-state index in [4.69, 9.17) is 4.74 Å². The Morgan fingerprint density at radius 1 is 0.634 bits per heavy atom. The zero-order chi connectivity index (χ0) is 27.5. The summed E-state index contributed by atoms with van der Waals surface area (Å²) >= 11 is 3.17. The summed E-state index contributed by atoms with van der Waals surface area (Å²) in [6, 6.07) is 16.2. The first-order chi connectivity index (χ1) is 19.1. The van der Waals surface area contributed by atoms with Crippen molar-refractivity contribution < 1.29 is 13.9 Å². The fraction of sp³-hybridized carbons (Fsp3) is 0.400. The molecular formula is C30H44N8OS2+2. The zero-order valence-corrected chi connectivity index (χ0v) is 24.6. The number of anilines is 2. The summed E-state index contributed by atoms with van der Waals surface area (Å²) in [6.45, 7) is 8.88. The van der Waals surface area contributed by atoms with E-state index >= 15 is 0 Å². The van der Waals surface area contributed by atoms with E-state index < -0.39 is 0 Å². The molecule has 11 heteroatoms. The Morgan fingerprint density at radius 3 is 1.39 bits per heavy atom. The highest BCUT2D eigenvalue weighted by Crippen LogP contribution is 2.23. The lowest BCUT2D eigenvalue weighted by molar-refractivity contribution is -0.677. The van der Waals surface area contributed by atoms with Gasteiger partial charge in [0.1, 0.15) is 23.8 Å². The summed E-state index contributed by atoms with van der Waals surface area (Å²) in [6.07, 6.45) is 4.05. The number of hydrogen-bond acceptors (Lipinski definition) is 9. The molecule has 0 radical (unpaired) electrons. The third-order valence-electron chi connectivity index (χ3n) is 6.23. The van der Waals surface area contributed by atoms with Crippen molar-refractivity contribution in [1.82, 2.24) is 0 Å². The van der Waals surface area contributed by atoms with Crippen molar-refractivity contribution in [2.75, 3.05) is 50.2 Å². The SMILES string of the molecule is C.C.CC[n+]1ccsc1N=Nc1ccc(N(C)CCOCCN(C)c2ccc(N=Nc3scc[n+]3CC)cc2)cc1. The van der Waals surface area contributed by atoms with Crippen LogP contribution in [0.2, 0.25) is 0 Å². The van der Waals surface area contributed by atoms with Crippen LogP contribution in [0.15, 0.2) is 92.1 Å². The standard InChI is InChI=1S/C28H36N8OS2.2CH4/c1-5-35-17-21-38-27(35)31-29-23-7-11-25(12-8-23)33(3)15-19-37-20-16-34(4)26-13-9-24(10-14-26)30-32-28-36(6-2)18-22-39-28;;/h7-14,17-18,21-22H,5-6,15-16,19-20H2,1-4H3;2*1H4/q+2;;. The van der Waals surface area contributed by atoms with Crippen molar-refractivity contribution in [3.05, 3.63) is 71.7 Å². The summed E-state index contributed by atoms with van der Waals surface area (Å²) in [4.78, 5) is 4.36. The predicted molar refractivity (Wildman–Crippen MR) is 172 cm³/mol. The average molecular weight is 597 g/mol. The first-order valence-corrected chi connectivity index (χ1v) is 14.8. The van der Waals surface area contributed by atoms with Crippen LogP contribution in [0.5, 0.6) is 0 Å². The van der Waals surface area contributed by atoms with Crippen LogP contribution in [-0.4, -0.2) is 40.4 Å². The van der Waals surface area contributed by atoms with Gasteiger partial charge in [-0.15, -0.1) is 0 Å². The van der Waals surface area contributed by atoms with E-state index in [0.29, 0.717) is 13.2 Å². The molecule has 0 aliphatic carbocycles. The van der Waals surface area contributed by atoms with Crippen LogP contribution in [0.3, 0.4) is 0 Å². The highest BCUT2D eigenvalue weighted by molar-refractivity contribution is 7.13. The van der Waals surface area contributed by atoms with Gasteiger partial charge >= 0.3 is 10.3 Å². The highest BCUT2D eigenvalue weighted by Gasteiger charge is 2.11. The quantitative estimate of drug-likeness (QED) is 0.0838. The summed E-state index contributed by atoms with van der Waals surface area (Å²) in [7, 11) is 4.14. The molecule has 0 atom stereocenters. The molecule has 4 aromatic rings. The van der Waals surface area contributed by atoms with Gasteiger partial charge in [0, 0.05) is 49.3 Å². The van der Waals surface area contributed by atoms with E-state index in [0.717, 1.165) is 59.2 Å². The molecule has 220 valence electrons. The van der Waals surface area contributed by atoms with E-state index in [1.165, 1.54) is 0 Å². The summed E-state index contributed by atoms with van der Waals surface area (Å²) in [5.74, 6) is 0. The maximum absolute atomic E-state index is 5.92. The van der Waals surface area contributed by atoms with Gasteiger partial charge in [-0.25, -0.2) is 9.13 Å². The largest absolute Gasteiger partial charge is 0.408 e. The fourth-order valence-corrected chi connectivity index (χ4v) is 5.23. The maximum atomic E-state index is 5.92. The van der Waals surface area contributed by atoms with Gasteiger partial charge in [-0.1, -0.05) is 14.9 Å². The van der Waals surface area contributed by atoms with E-state index in [1.54, 1.807) is 22.7 Å². The smallest absolute Gasteiger partial charge is 0.378 e. The van der Waals surface area contributed by atoms with Gasteiger partial charge in [0.15, 0.2) is 0 Å². The van der Waals surface area contributed by atoms with Gasteiger partial charge in [0.2, 0.25) is 0 Å². The van der Waals surface area contributed by atoms with Gasteiger partial charge in [-0.3, -0.25) is 0 Å². The number of nitrogens with zero attached hydrogens (tertiary/aromatic N) is 8. The molecule has 2 aromatic carbocycles. The third-order valence-corrected chi connectivity index (χ3v) is 7.80. The molecule has 0 saturated carbocycles. The second kappa shape index (κ2) is 17.3. The van der Waals surface area contributed by atoms with E-state index in [9.17, 15) is 0 Å². The summed E-state index contributed by atoms with van der Waals surface area (Å²) < 4.78 is 10.1. The number of likely N-dealkylation sites (N-methyl/N-ethyl adjacent to an activating group) is 2. The number of aryl methyl sites for hydroxylation is 2. The minimum Gasteiger partial charge on any atom is -0.378 e. The van der Waals surface area contributed by atoms with E-state index in [-0.39, 0.29) is 14.9 Å². The highest BCUT2D eigenvalue weighted by atomic mass is 32.1. The number of hydrogen-bond donors (Lipinski definition) is 0. The van der Waals surface area contributed by atoms with Crippen molar-refractivity contribution in [3.8, 4) is 0 Å². The molecule has 2 heterocycles. The third kappa shape index (κ3) is 9.80. The van der Waals surface area contributed by atoms with Crippen LogP contribution in [0.25, 0.3) is 0 Å². The van der Waals surface area contributed by atoms with Crippen LogP contribution in [0.1, 0.15) is 28.7 Å². The van der Waals surface area contributed by atoms with E-state index in [2.05, 4.69) is 91.6 Å². The lowest BCUT2D eigenvalue weighted by Crippen LogP contribution is -2.28. The molecule has 0 unspecified atom stereocenters. The maximum Gasteiger partial charge on any atom is 0.408 e. The monoisotopic (exact) mass is 596 g/mol. The molecule has 41 heavy (non-hydrogen) atoms. The van der Waals surface area contributed by atoms with Crippen LogP contribution >= 0.6 is 22.7 Å². The van der Waals surface area contributed by atoms with Crippen molar-refractivity contribution in [2.45, 2.75) is 41.8 Å². The van der Waals surface area contributed by atoms with Crippen LogP contribution < -0.4 is 18.9 Å². The molecule has 0 aliphatic heterocycles. The fourth-order valence-electron chi connectivity index (χ4n) is 3.75. The second-order valence-corrected chi connectivity index (χ2v) is 10.6. The van der Waals surface area contributed by atoms with Gasteiger partial charge in [-0.05, 0) is 95.3 Å². The molecule has 0 amide bonds.